The molecule has 3 atom stereocenters. The molecular weight excluding hydrogens is 602 g/mol. The molecular formula is C25H31N9O7S2. The van der Waals surface area contributed by atoms with Gasteiger partial charge in [0.1, 0.15) is 28.8 Å². The van der Waals surface area contributed by atoms with E-state index in [1.54, 1.807) is 51.1 Å². The number of carbonyl (C=O) groups is 5. The number of benzene rings is 1. The van der Waals surface area contributed by atoms with Gasteiger partial charge in [0.2, 0.25) is 11.1 Å². The number of thioether (sulfide) groups is 2. The third-order valence-electron chi connectivity index (χ3n) is 6.10. The van der Waals surface area contributed by atoms with Gasteiger partial charge in [-0.1, -0.05) is 42.1 Å². The Hall–Kier alpha value is -4.32. The first-order valence-electron chi connectivity index (χ1n) is 13.0. The molecule has 2 aliphatic rings. The predicted octanol–water partition coefficient (Wildman–Crippen LogP) is 0.438. The van der Waals surface area contributed by atoms with Crippen LogP contribution in [0.2, 0.25) is 0 Å². The number of hydrogen-bond donors (Lipinski definition) is 5. The molecule has 2 aliphatic heterocycles. The first kappa shape index (κ1) is 31.6. The van der Waals surface area contributed by atoms with E-state index in [0.717, 1.165) is 4.90 Å². The van der Waals surface area contributed by atoms with E-state index >= 15 is 0 Å². The Balaban J connectivity index is 1.45. The number of nitrogens with one attached hydrogen (secondary N) is 3. The molecule has 0 spiro atoms. The molecule has 0 aliphatic carbocycles. The van der Waals surface area contributed by atoms with Crippen molar-refractivity contribution in [2.75, 3.05) is 18.1 Å². The monoisotopic (exact) mass is 633 g/mol. The van der Waals surface area contributed by atoms with Gasteiger partial charge < -0.3 is 31.5 Å². The highest BCUT2D eigenvalue weighted by Crippen LogP contribution is 2.41. The van der Waals surface area contributed by atoms with E-state index < -0.39 is 53.0 Å². The zero-order valence-electron chi connectivity index (χ0n) is 23.5. The minimum Gasteiger partial charge on any atom is -0.477 e. The van der Waals surface area contributed by atoms with E-state index in [1.807, 2.05) is 0 Å². The third-order valence-corrected chi connectivity index (χ3v) is 8.48. The number of carboxylic acids is 1. The van der Waals surface area contributed by atoms with Crippen molar-refractivity contribution >= 4 is 53.4 Å². The second-order valence-electron chi connectivity index (χ2n) is 10.4. The van der Waals surface area contributed by atoms with E-state index in [2.05, 4.69) is 31.5 Å². The number of tetrazole rings is 1. The van der Waals surface area contributed by atoms with Gasteiger partial charge in [0.15, 0.2) is 0 Å². The molecule has 1 unspecified atom stereocenters. The number of amides is 5. The van der Waals surface area contributed by atoms with Gasteiger partial charge in [-0.2, -0.15) is 0 Å². The van der Waals surface area contributed by atoms with Gasteiger partial charge in [-0.05, 0) is 42.3 Å². The number of hydrogen-bond acceptors (Lipinski definition) is 11. The molecule has 1 aromatic carbocycles. The van der Waals surface area contributed by atoms with Crippen LogP contribution in [0.3, 0.4) is 0 Å². The Morgan fingerprint density at radius 3 is 2.60 bits per heavy atom. The largest absolute Gasteiger partial charge is 0.477 e. The second kappa shape index (κ2) is 13.3. The number of urea groups is 1. The molecule has 5 amide bonds. The van der Waals surface area contributed by atoms with Gasteiger partial charge in [-0.3, -0.25) is 14.5 Å². The standard InChI is InChI=1S/C25H31N9O7S2/c1-25(2,3)41-24(40)29-15(13-7-5-4-6-8-13)18(35)28-16-19(36)34-17(21(37)38)14(11-42-20(16)34)12-43-23-30-31-32-33(23)10-9-27-22(26)39/h4-8,15-16,20H,9-12H2,1-3H3,(H,28,35)(H,29,40)(H,37,38)(H3,26,27,39)/t15-,16?,20-/m1/s1. The summed E-state index contributed by atoms with van der Waals surface area (Å²) in [7, 11) is 0. The smallest absolute Gasteiger partial charge is 0.408 e. The normalized spacial score (nSPS) is 18.7. The zero-order valence-corrected chi connectivity index (χ0v) is 25.1. The van der Waals surface area contributed by atoms with Crippen LogP contribution < -0.4 is 21.7 Å². The molecule has 230 valence electrons. The average Bonchev–Trinajstić information content (AvgIpc) is 3.39. The number of β-lactam (4-membered cyclic amide) rings is 1. The molecule has 1 aromatic heterocycles. The van der Waals surface area contributed by atoms with E-state index in [-0.39, 0.29) is 30.3 Å². The molecule has 0 bridgehead atoms. The molecule has 43 heavy (non-hydrogen) atoms. The molecule has 1 fully saturated rings. The Morgan fingerprint density at radius 2 is 1.95 bits per heavy atom. The van der Waals surface area contributed by atoms with Gasteiger partial charge in [0, 0.05) is 18.1 Å². The van der Waals surface area contributed by atoms with Gasteiger partial charge in [-0.15, -0.1) is 16.9 Å². The van der Waals surface area contributed by atoms with Crippen molar-refractivity contribution in [2.24, 2.45) is 5.73 Å². The summed E-state index contributed by atoms with van der Waals surface area (Å²) in [5, 5.41) is 28.8. The maximum Gasteiger partial charge on any atom is 0.408 e. The average molecular weight is 634 g/mol. The van der Waals surface area contributed by atoms with Crippen molar-refractivity contribution in [1.82, 2.24) is 41.1 Å². The van der Waals surface area contributed by atoms with Crippen molar-refractivity contribution in [3.63, 3.8) is 0 Å². The summed E-state index contributed by atoms with van der Waals surface area (Å²) in [6, 6.07) is 5.65. The number of carbonyl (C=O) groups excluding carboxylic acids is 4. The molecule has 1 saturated heterocycles. The van der Waals surface area contributed by atoms with Crippen LogP contribution in [-0.2, 0) is 25.7 Å². The minimum atomic E-state index is -1.28. The fourth-order valence-corrected chi connectivity index (χ4v) is 6.67. The van der Waals surface area contributed by atoms with E-state index in [9.17, 15) is 29.1 Å². The summed E-state index contributed by atoms with van der Waals surface area (Å²) in [4.78, 5) is 63.5. The number of carboxylic acid groups (broad SMARTS) is 1. The lowest BCUT2D eigenvalue weighted by Gasteiger charge is -2.49. The lowest BCUT2D eigenvalue weighted by Crippen LogP contribution is -2.71. The number of rotatable bonds is 11. The highest BCUT2D eigenvalue weighted by atomic mass is 32.2. The van der Waals surface area contributed by atoms with Crippen molar-refractivity contribution in [2.45, 2.75) is 55.5 Å². The van der Waals surface area contributed by atoms with Crippen LogP contribution in [0, 0.1) is 0 Å². The fourth-order valence-electron chi connectivity index (χ4n) is 4.28. The number of nitrogens with two attached hydrogens (primary N) is 1. The first-order chi connectivity index (χ1) is 20.4. The van der Waals surface area contributed by atoms with Crippen molar-refractivity contribution in [1.29, 1.82) is 0 Å². The number of ether oxygens (including phenoxy) is 1. The summed E-state index contributed by atoms with van der Waals surface area (Å²) >= 11 is 2.49. The third kappa shape index (κ3) is 7.75. The van der Waals surface area contributed by atoms with Gasteiger partial charge in [0.25, 0.3) is 5.91 Å². The van der Waals surface area contributed by atoms with Crippen molar-refractivity contribution < 1.29 is 33.8 Å². The molecule has 3 heterocycles. The Kier molecular flexibility index (Phi) is 9.80. The van der Waals surface area contributed by atoms with Crippen LogP contribution in [-0.4, -0.2) is 95.2 Å². The summed E-state index contributed by atoms with van der Waals surface area (Å²) < 4.78 is 6.75. The number of primary amides is 1. The maximum absolute atomic E-state index is 13.4. The van der Waals surface area contributed by atoms with Crippen LogP contribution in [0.25, 0.3) is 0 Å². The summed E-state index contributed by atoms with van der Waals surface area (Å²) in [6.45, 7) is 5.52. The number of alkyl carbamates (subject to hydrolysis) is 1. The molecule has 2 aromatic rings. The molecule has 6 N–H and O–H groups in total. The minimum absolute atomic E-state index is 0.160. The SMILES string of the molecule is CC(C)(C)OC(=O)N[C@@H](C(=O)NC1C(=O)N2C(C(=O)O)=C(CSc3nnnn3CCNC(N)=O)CS[C@H]12)c1ccccc1. The van der Waals surface area contributed by atoms with Crippen LogP contribution in [0.15, 0.2) is 46.8 Å². The van der Waals surface area contributed by atoms with E-state index in [4.69, 9.17) is 10.5 Å². The molecule has 0 saturated carbocycles. The van der Waals surface area contributed by atoms with Gasteiger partial charge >= 0.3 is 18.1 Å². The van der Waals surface area contributed by atoms with E-state index in [1.165, 1.54) is 28.2 Å². The number of nitrogens with zero attached hydrogens (tertiary/aromatic N) is 5. The molecule has 4 rings (SSSR count). The fraction of sp³-hybridized carbons (Fsp3) is 0.440. The maximum atomic E-state index is 13.4. The van der Waals surface area contributed by atoms with Crippen LogP contribution >= 0.6 is 23.5 Å². The molecule has 0 radical (unpaired) electrons. The lowest BCUT2D eigenvalue weighted by molar-refractivity contribution is -0.151. The highest BCUT2D eigenvalue weighted by molar-refractivity contribution is 8.01. The Morgan fingerprint density at radius 1 is 1.23 bits per heavy atom. The zero-order chi connectivity index (χ0) is 31.3. The Bertz CT molecular complexity index is 1430. The van der Waals surface area contributed by atoms with Crippen molar-refractivity contribution in [3.8, 4) is 0 Å². The van der Waals surface area contributed by atoms with E-state index in [0.29, 0.717) is 16.3 Å². The predicted molar refractivity (Wildman–Crippen MR) is 154 cm³/mol. The molecule has 16 nitrogen and oxygen atoms in total. The van der Waals surface area contributed by atoms with Gasteiger partial charge in [0.05, 0.1) is 6.54 Å². The molecule has 18 heteroatoms. The topological polar surface area (TPSA) is 224 Å². The Labute approximate surface area is 254 Å². The quantitative estimate of drug-likeness (QED) is 0.168. The van der Waals surface area contributed by atoms with Crippen LogP contribution in [0.5, 0.6) is 0 Å². The number of aliphatic carboxylic acids is 1. The summed E-state index contributed by atoms with van der Waals surface area (Å²) in [5.74, 6) is -2.05. The summed E-state index contributed by atoms with van der Waals surface area (Å²) in [5.41, 5.74) is 5.07. The van der Waals surface area contributed by atoms with Crippen LogP contribution in [0.1, 0.15) is 32.4 Å². The number of aromatic nitrogens is 4. The van der Waals surface area contributed by atoms with Crippen LogP contribution in [0.4, 0.5) is 9.59 Å². The first-order valence-corrected chi connectivity index (χ1v) is 15.1. The lowest BCUT2D eigenvalue weighted by atomic mass is 10.0. The highest BCUT2D eigenvalue weighted by Gasteiger charge is 2.54. The summed E-state index contributed by atoms with van der Waals surface area (Å²) in [6.07, 6.45) is -0.807. The second-order valence-corrected chi connectivity index (χ2v) is 12.5. The van der Waals surface area contributed by atoms with Gasteiger partial charge in [-0.25, -0.2) is 19.1 Å². The van der Waals surface area contributed by atoms with Crippen molar-refractivity contribution in [3.05, 3.63) is 47.2 Å². The number of fused-ring (bicyclic) bond motifs is 1.